The van der Waals surface area contributed by atoms with Gasteiger partial charge in [-0.25, -0.2) is 0 Å². The van der Waals surface area contributed by atoms with Gasteiger partial charge in [-0.15, -0.1) is 0 Å². The molecule has 0 spiro atoms. The maximum absolute atomic E-state index is 10.3. The first-order chi connectivity index (χ1) is 10.8. The van der Waals surface area contributed by atoms with E-state index in [1.165, 1.54) is 5.56 Å². The highest BCUT2D eigenvalue weighted by Gasteiger charge is 2.13. The monoisotopic (exact) mass is 290 g/mol. The molecular formula is C20H18O2. The molecule has 0 unspecified atom stereocenters. The Morgan fingerprint density at radius 3 is 2.05 bits per heavy atom. The molecule has 0 heterocycles. The summed E-state index contributed by atoms with van der Waals surface area (Å²) in [6.45, 7) is 0. The van der Waals surface area contributed by atoms with Crippen molar-refractivity contribution < 1.29 is 10.2 Å². The zero-order valence-electron chi connectivity index (χ0n) is 12.2. The molecule has 0 fully saturated rings. The average Bonchev–Trinajstić information content (AvgIpc) is 2.55. The molecule has 2 N–H and O–H groups in total. The van der Waals surface area contributed by atoms with E-state index in [2.05, 4.69) is 12.1 Å². The fourth-order valence-corrected chi connectivity index (χ4v) is 2.71. The molecule has 22 heavy (non-hydrogen) atoms. The van der Waals surface area contributed by atoms with Gasteiger partial charge in [0.05, 0.1) is 0 Å². The normalized spacial score (nSPS) is 10.5. The molecule has 0 amide bonds. The first kappa shape index (κ1) is 14.2. The van der Waals surface area contributed by atoms with Crippen molar-refractivity contribution >= 4 is 0 Å². The summed E-state index contributed by atoms with van der Waals surface area (Å²) in [7, 11) is 0. The lowest BCUT2D eigenvalue weighted by Gasteiger charge is -2.13. The molecule has 0 atom stereocenters. The van der Waals surface area contributed by atoms with E-state index in [0.29, 0.717) is 5.56 Å². The van der Waals surface area contributed by atoms with Crippen LogP contribution in [0.25, 0.3) is 11.1 Å². The third-order valence-electron chi connectivity index (χ3n) is 3.83. The Hall–Kier alpha value is -2.74. The minimum Gasteiger partial charge on any atom is -0.507 e. The van der Waals surface area contributed by atoms with Gasteiger partial charge in [-0.1, -0.05) is 60.7 Å². The topological polar surface area (TPSA) is 40.5 Å². The van der Waals surface area contributed by atoms with Gasteiger partial charge >= 0.3 is 0 Å². The number of hydrogen-bond donors (Lipinski definition) is 2. The van der Waals surface area contributed by atoms with Crippen molar-refractivity contribution in [3.05, 3.63) is 83.9 Å². The number of aromatic hydroxyl groups is 2. The predicted octanol–water partition coefficient (Wildman–Crippen LogP) is 4.55. The van der Waals surface area contributed by atoms with Crippen LogP contribution in [-0.2, 0) is 12.8 Å². The van der Waals surface area contributed by atoms with E-state index in [-0.39, 0.29) is 11.5 Å². The van der Waals surface area contributed by atoms with Crippen LogP contribution in [0.5, 0.6) is 11.5 Å². The largest absolute Gasteiger partial charge is 0.507 e. The lowest BCUT2D eigenvalue weighted by Crippen LogP contribution is -1.95. The number of phenols is 2. The van der Waals surface area contributed by atoms with Gasteiger partial charge in [-0.05, 0) is 36.1 Å². The summed E-state index contributed by atoms with van der Waals surface area (Å²) in [5.41, 5.74) is 3.68. The fraction of sp³-hybridized carbons (Fsp3) is 0.100. The number of para-hydroxylation sites is 1. The number of rotatable bonds is 4. The molecule has 3 aromatic rings. The van der Waals surface area contributed by atoms with Gasteiger partial charge in [0.15, 0.2) is 0 Å². The van der Waals surface area contributed by atoms with Gasteiger partial charge in [0.25, 0.3) is 0 Å². The van der Waals surface area contributed by atoms with Crippen molar-refractivity contribution in [2.24, 2.45) is 0 Å². The van der Waals surface area contributed by atoms with Crippen LogP contribution < -0.4 is 0 Å². The first-order valence-electron chi connectivity index (χ1n) is 7.39. The summed E-state index contributed by atoms with van der Waals surface area (Å²) in [6.07, 6.45) is 1.70. The van der Waals surface area contributed by atoms with Crippen molar-refractivity contribution in [1.82, 2.24) is 0 Å². The standard InChI is InChI=1S/C20H18O2/c21-18-11-5-4-10-17(18)20-16(9-6-12-19(20)22)14-13-15-7-2-1-3-8-15/h1-12,21-22H,13-14H2. The zero-order chi connectivity index (χ0) is 15.4. The first-order valence-corrected chi connectivity index (χ1v) is 7.39. The van der Waals surface area contributed by atoms with Crippen LogP contribution in [0.1, 0.15) is 11.1 Å². The Morgan fingerprint density at radius 1 is 0.591 bits per heavy atom. The molecule has 0 bridgehead atoms. The summed E-state index contributed by atoms with van der Waals surface area (Å²) in [5, 5.41) is 20.3. The lowest BCUT2D eigenvalue weighted by molar-refractivity contribution is 0.468. The maximum atomic E-state index is 10.3. The minimum absolute atomic E-state index is 0.185. The molecular weight excluding hydrogens is 272 g/mol. The highest BCUT2D eigenvalue weighted by molar-refractivity contribution is 5.78. The second-order valence-corrected chi connectivity index (χ2v) is 5.31. The molecule has 3 rings (SSSR count). The van der Waals surface area contributed by atoms with E-state index < -0.39 is 0 Å². The van der Waals surface area contributed by atoms with Crippen LogP contribution in [0.2, 0.25) is 0 Å². The average molecular weight is 290 g/mol. The molecule has 0 aliphatic heterocycles. The molecule has 3 aromatic carbocycles. The van der Waals surface area contributed by atoms with Gasteiger partial charge in [0.2, 0.25) is 0 Å². The summed E-state index contributed by atoms with van der Waals surface area (Å²) < 4.78 is 0. The fourth-order valence-electron chi connectivity index (χ4n) is 2.71. The summed E-state index contributed by atoms with van der Waals surface area (Å²) >= 11 is 0. The second kappa shape index (κ2) is 6.35. The number of phenolic OH excluding ortho intramolecular Hbond substituents is 2. The Bertz CT molecular complexity index is 764. The van der Waals surface area contributed by atoms with Gasteiger partial charge in [0.1, 0.15) is 11.5 Å². The molecule has 0 aromatic heterocycles. The predicted molar refractivity (Wildman–Crippen MR) is 89.1 cm³/mol. The molecule has 0 saturated carbocycles. The van der Waals surface area contributed by atoms with E-state index in [0.717, 1.165) is 24.0 Å². The Balaban J connectivity index is 1.95. The number of benzene rings is 3. The third-order valence-corrected chi connectivity index (χ3v) is 3.83. The second-order valence-electron chi connectivity index (χ2n) is 5.31. The van der Waals surface area contributed by atoms with Gasteiger partial charge in [0, 0.05) is 11.1 Å². The van der Waals surface area contributed by atoms with E-state index in [1.807, 2.05) is 42.5 Å². The molecule has 0 radical (unpaired) electrons. The van der Waals surface area contributed by atoms with Gasteiger partial charge in [-0.2, -0.15) is 0 Å². The highest BCUT2D eigenvalue weighted by Crippen LogP contribution is 2.38. The maximum Gasteiger partial charge on any atom is 0.123 e. The van der Waals surface area contributed by atoms with E-state index >= 15 is 0 Å². The summed E-state index contributed by atoms with van der Waals surface area (Å²) in [4.78, 5) is 0. The van der Waals surface area contributed by atoms with E-state index in [9.17, 15) is 10.2 Å². The van der Waals surface area contributed by atoms with Gasteiger partial charge < -0.3 is 10.2 Å². The van der Waals surface area contributed by atoms with Crippen LogP contribution in [0.3, 0.4) is 0 Å². The molecule has 0 aliphatic carbocycles. The van der Waals surface area contributed by atoms with Crippen molar-refractivity contribution in [3.63, 3.8) is 0 Å². The number of hydrogen-bond acceptors (Lipinski definition) is 2. The number of aryl methyl sites for hydroxylation is 2. The Kier molecular flexibility index (Phi) is 4.10. The van der Waals surface area contributed by atoms with Crippen LogP contribution in [0.4, 0.5) is 0 Å². The molecule has 0 aliphatic rings. The van der Waals surface area contributed by atoms with Crippen molar-refractivity contribution in [3.8, 4) is 22.6 Å². The summed E-state index contributed by atoms with van der Waals surface area (Å²) in [5.74, 6) is 0.386. The highest BCUT2D eigenvalue weighted by atomic mass is 16.3. The van der Waals surface area contributed by atoms with E-state index in [1.54, 1.807) is 18.2 Å². The smallest absolute Gasteiger partial charge is 0.123 e. The third kappa shape index (κ3) is 2.96. The Morgan fingerprint density at radius 2 is 1.27 bits per heavy atom. The van der Waals surface area contributed by atoms with Crippen LogP contribution in [0, 0.1) is 0 Å². The molecule has 0 saturated heterocycles. The van der Waals surface area contributed by atoms with Crippen LogP contribution in [-0.4, -0.2) is 10.2 Å². The van der Waals surface area contributed by atoms with Crippen LogP contribution in [0.15, 0.2) is 72.8 Å². The SMILES string of the molecule is Oc1ccccc1-c1c(O)cccc1CCc1ccccc1. The molecule has 2 heteroatoms. The van der Waals surface area contributed by atoms with Gasteiger partial charge in [-0.3, -0.25) is 0 Å². The van der Waals surface area contributed by atoms with Crippen molar-refractivity contribution in [2.45, 2.75) is 12.8 Å². The van der Waals surface area contributed by atoms with Crippen molar-refractivity contribution in [1.29, 1.82) is 0 Å². The minimum atomic E-state index is 0.185. The molecule has 2 nitrogen and oxygen atoms in total. The van der Waals surface area contributed by atoms with Crippen LogP contribution >= 0.6 is 0 Å². The zero-order valence-corrected chi connectivity index (χ0v) is 12.2. The Labute approximate surface area is 130 Å². The molecule has 110 valence electrons. The van der Waals surface area contributed by atoms with E-state index in [4.69, 9.17) is 0 Å². The van der Waals surface area contributed by atoms with Crippen molar-refractivity contribution in [2.75, 3.05) is 0 Å². The summed E-state index contributed by atoms with van der Waals surface area (Å²) in [6, 6.07) is 22.9. The lowest BCUT2D eigenvalue weighted by atomic mass is 9.94. The quantitative estimate of drug-likeness (QED) is 0.740.